The highest BCUT2D eigenvalue weighted by Crippen LogP contribution is 1.98. The Balaban J connectivity index is 2.40. The second kappa shape index (κ2) is 6.05. The predicted octanol–water partition coefficient (Wildman–Crippen LogP) is 1.00. The first-order chi connectivity index (χ1) is 7.67. The Bertz CT molecular complexity index is 360. The zero-order chi connectivity index (χ0) is 12.0. The van der Waals surface area contributed by atoms with Gasteiger partial charge in [0.15, 0.2) is 6.29 Å². The van der Waals surface area contributed by atoms with Crippen molar-refractivity contribution in [3.8, 4) is 0 Å². The van der Waals surface area contributed by atoms with E-state index in [0.29, 0.717) is 18.7 Å². The summed E-state index contributed by atoms with van der Waals surface area (Å²) in [7, 11) is 0. The highest BCUT2D eigenvalue weighted by Gasteiger charge is 2.07. The maximum atomic E-state index is 11.5. The van der Waals surface area contributed by atoms with Gasteiger partial charge >= 0.3 is 0 Å². The number of aldehydes is 1. The van der Waals surface area contributed by atoms with E-state index in [1.807, 2.05) is 13.8 Å². The predicted molar refractivity (Wildman–Crippen MR) is 60.1 cm³/mol. The Morgan fingerprint density at radius 1 is 1.69 bits per heavy atom. The van der Waals surface area contributed by atoms with Crippen LogP contribution in [-0.2, 0) is 11.3 Å². The number of rotatable bonds is 6. The molecule has 88 valence electrons. The number of nitrogens with zero attached hydrogens (tertiary/aromatic N) is 2. The van der Waals surface area contributed by atoms with Crippen molar-refractivity contribution in [3.63, 3.8) is 0 Å². The van der Waals surface area contributed by atoms with Crippen molar-refractivity contribution < 1.29 is 9.59 Å². The molecule has 1 aromatic rings. The molecular weight excluding hydrogens is 206 g/mol. The molecule has 0 aromatic carbocycles. The third-order valence-electron chi connectivity index (χ3n) is 2.46. The molecule has 1 rings (SSSR count). The van der Waals surface area contributed by atoms with E-state index < -0.39 is 0 Å². The van der Waals surface area contributed by atoms with Crippen LogP contribution in [0.4, 0.5) is 0 Å². The Morgan fingerprint density at radius 2 is 2.44 bits per heavy atom. The van der Waals surface area contributed by atoms with E-state index in [9.17, 15) is 9.59 Å². The summed E-state index contributed by atoms with van der Waals surface area (Å²) < 4.78 is 1.67. The lowest BCUT2D eigenvalue weighted by Gasteiger charge is -2.11. The first-order valence-electron chi connectivity index (χ1n) is 5.42. The molecule has 0 saturated carbocycles. The van der Waals surface area contributed by atoms with Crippen LogP contribution in [0.5, 0.6) is 0 Å². The molecule has 1 unspecified atom stereocenters. The first kappa shape index (κ1) is 12.4. The number of aromatic nitrogens is 2. The Hall–Kier alpha value is -1.65. The lowest BCUT2D eigenvalue weighted by atomic mass is 10.2. The van der Waals surface area contributed by atoms with Crippen LogP contribution in [0.25, 0.3) is 0 Å². The van der Waals surface area contributed by atoms with Gasteiger partial charge in [-0.3, -0.25) is 9.59 Å². The molecule has 0 aliphatic carbocycles. The van der Waals surface area contributed by atoms with Gasteiger partial charge in [0.2, 0.25) is 5.91 Å². The zero-order valence-electron chi connectivity index (χ0n) is 9.64. The Morgan fingerprint density at radius 3 is 3.06 bits per heavy atom. The maximum Gasteiger partial charge on any atom is 0.221 e. The molecule has 0 saturated heterocycles. The van der Waals surface area contributed by atoms with E-state index in [-0.39, 0.29) is 11.9 Å². The summed E-state index contributed by atoms with van der Waals surface area (Å²) in [6.45, 7) is 4.47. The van der Waals surface area contributed by atoms with Gasteiger partial charge < -0.3 is 9.88 Å². The minimum Gasteiger partial charge on any atom is -0.354 e. The second-order valence-corrected chi connectivity index (χ2v) is 3.76. The highest BCUT2D eigenvalue weighted by atomic mass is 16.1. The molecule has 0 spiro atoms. The van der Waals surface area contributed by atoms with E-state index in [1.165, 1.54) is 6.20 Å². The molecule has 1 aromatic heterocycles. The molecule has 0 radical (unpaired) electrons. The zero-order valence-corrected chi connectivity index (χ0v) is 9.64. The molecule has 1 amide bonds. The standard InChI is InChI=1S/C11H17N3O2/c1-3-9(2)13-11(16)4-5-14-8-12-6-10(14)7-15/h6-9H,3-5H2,1-2H3,(H,13,16). The van der Waals surface area contributed by atoms with Crippen LogP contribution in [0.1, 0.15) is 37.2 Å². The van der Waals surface area contributed by atoms with Gasteiger partial charge in [-0.25, -0.2) is 4.98 Å². The number of nitrogens with one attached hydrogen (secondary N) is 1. The maximum absolute atomic E-state index is 11.5. The monoisotopic (exact) mass is 223 g/mol. The van der Waals surface area contributed by atoms with Gasteiger partial charge in [-0.1, -0.05) is 6.92 Å². The lowest BCUT2D eigenvalue weighted by molar-refractivity contribution is -0.121. The minimum absolute atomic E-state index is 0.0000935. The average Bonchev–Trinajstić information content (AvgIpc) is 2.73. The van der Waals surface area contributed by atoms with Gasteiger partial charge in [-0.15, -0.1) is 0 Å². The van der Waals surface area contributed by atoms with Gasteiger partial charge in [0.1, 0.15) is 5.69 Å². The summed E-state index contributed by atoms with van der Waals surface area (Å²) in [6.07, 6.45) is 5.05. The summed E-state index contributed by atoms with van der Waals surface area (Å²) in [4.78, 5) is 25.9. The van der Waals surface area contributed by atoms with E-state index in [2.05, 4.69) is 10.3 Å². The first-order valence-corrected chi connectivity index (χ1v) is 5.42. The molecule has 1 heterocycles. The molecular formula is C11H17N3O2. The fraction of sp³-hybridized carbons (Fsp3) is 0.545. The second-order valence-electron chi connectivity index (χ2n) is 3.76. The fourth-order valence-corrected chi connectivity index (χ4v) is 1.29. The minimum atomic E-state index is -0.0000935. The SMILES string of the molecule is CCC(C)NC(=O)CCn1cncc1C=O. The number of hydrogen-bond donors (Lipinski definition) is 1. The Kier molecular flexibility index (Phi) is 4.69. The van der Waals surface area contributed by atoms with Crippen molar-refractivity contribution in [1.29, 1.82) is 0 Å². The molecule has 0 aliphatic heterocycles. The molecule has 5 heteroatoms. The van der Waals surface area contributed by atoms with Gasteiger partial charge in [0, 0.05) is 19.0 Å². The smallest absolute Gasteiger partial charge is 0.221 e. The van der Waals surface area contributed by atoms with Crippen LogP contribution in [-0.4, -0.2) is 27.8 Å². The van der Waals surface area contributed by atoms with Crippen molar-refractivity contribution in [3.05, 3.63) is 18.2 Å². The summed E-state index contributed by atoms with van der Waals surface area (Å²) >= 11 is 0. The number of carbonyl (C=O) groups excluding carboxylic acids is 2. The third kappa shape index (κ3) is 3.49. The van der Waals surface area contributed by atoms with Crippen molar-refractivity contribution in [2.24, 2.45) is 0 Å². The number of aryl methyl sites for hydroxylation is 1. The van der Waals surface area contributed by atoms with Crippen molar-refractivity contribution in [2.45, 2.75) is 39.3 Å². The number of hydrogen-bond acceptors (Lipinski definition) is 3. The van der Waals surface area contributed by atoms with Gasteiger partial charge in [-0.2, -0.15) is 0 Å². The van der Waals surface area contributed by atoms with E-state index in [4.69, 9.17) is 0 Å². The van der Waals surface area contributed by atoms with E-state index >= 15 is 0 Å². The molecule has 5 nitrogen and oxygen atoms in total. The van der Waals surface area contributed by atoms with Crippen LogP contribution in [0, 0.1) is 0 Å². The Labute approximate surface area is 94.9 Å². The van der Waals surface area contributed by atoms with Gasteiger partial charge in [-0.05, 0) is 13.3 Å². The molecule has 1 atom stereocenters. The average molecular weight is 223 g/mol. The van der Waals surface area contributed by atoms with Crippen LogP contribution < -0.4 is 5.32 Å². The molecule has 0 bridgehead atoms. The third-order valence-corrected chi connectivity index (χ3v) is 2.46. The largest absolute Gasteiger partial charge is 0.354 e. The molecule has 16 heavy (non-hydrogen) atoms. The molecule has 0 fully saturated rings. The van der Waals surface area contributed by atoms with Crippen molar-refractivity contribution >= 4 is 12.2 Å². The summed E-state index contributed by atoms with van der Waals surface area (Å²) in [5.41, 5.74) is 0.497. The normalized spacial score (nSPS) is 12.1. The fourth-order valence-electron chi connectivity index (χ4n) is 1.29. The summed E-state index contributed by atoms with van der Waals surface area (Å²) in [6, 6.07) is 0.195. The molecule has 0 aliphatic rings. The summed E-state index contributed by atoms with van der Waals surface area (Å²) in [5, 5.41) is 2.87. The number of imidazole rings is 1. The highest BCUT2D eigenvalue weighted by molar-refractivity contribution is 5.76. The topological polar surface area (TPSA) is 64.0 Å². The van der Waals surface area contributed by atoms with Gasteiger partial charge in [0.05, 0.1) is 12.5 Å². The number of amides is 1. The van der Waals surface area contributed by atoms with Crippen molar-refractivity contribution in [1.82, 2.24) is 14.9 Å². The molecule has 1 N–H and O–H groups in total. The lowest BCUT2D eigenvalue weighted by Crippen LogP contribution is -2.32. The van der Waals surface area contributed by atoms with Gasteiger partial charge in [0.25, 0.3) is 0 Å². The van der Waals surface area contributed by atoms with E-state index in [0.717, 1.165) is 12.7 Å². The van der Waals surface area contributed by atoms with Crippen molar-refractivity contribution in [2.75, 3.05) is 0 Å². The summed E-state index contributed by atoms with van der Waals surface area (Å²) in [5.74, 6) is -0.0000935. The van der Waals surface area contributed by atoms with E-state index in [1.54, 1.807) is 10.9 Å². The van der Waals surface area contributed by atoms with Crippen LogP contribution in [0.3, 0.4) is 0 Å². The van der Waals surface area contributed by atoms with Crippen LogP contribution in [0.15, 0.2) is 12.5 Å². The number of carbonyl (C=O) groups is 2. The quantitative estimate of drug-likeness (QED) is 0.732. The van der Waals surface area contributed by atoms with Crippen LogP contribution in [0.2, 0.25) is 0 Å². The van der Waals surface area contributed by atoms with Crippen LogP contribution >= 0.6 is 0 Å².